The molecule has 2 heterocycles. The minimum Gasteiger partial charge on any atom is -0.493 e. The molecule has 1 aliphatic heterocycles. The van der Waals surface area contributed by atoms with Crippen molar-refractivity contribution in [3.63, 3.8) is 0 Å². The molecule has 0 bridgehead atoms. The summed E-state index contributed by atoms with van der Waals surface area (Å²) in [5.41, 5.74) is 6.33. The van der Waals surface area contributed by atoms with Gasteiger partial charge in [-0.3, -0.25) is 4.99 Å². The van der Waals surface area contributed by atoms with Gasteiger partial charge in [0.15, 0.2) is 0 Å². The third-order valence-corrected chi connectivity index (χ3v) is 6.01. The number of aliphatic carboxylic acids is 1. The van der Waals surface area contributed by atoms with Gasteiger partial charge < -0.3 is 15.2 Å². The molecule has 176 valence electrons. The number of anilines is 1. The van der Waals surface area contributed by atoms with Gasteiger partial charge in [-0.25, -0.2) is 14.2 Å². The monoisotopic (exact) mass is 469 g/mol. The van der Waals surface area contributed by atoms with Crippen LogP contribution in [0.1, 0.15) is 18.1 Å². The summed E-state index contributed by atoms with van der Waals surface area (Å²) >= 11 is 0. The Bertz CT molecular complexity index is 1470. The molecule has 1 atom stereocenters. The smallest absolute Gasteiger partial charge is 0.328 e. The van der Waals surface area contributed by atoms with Crippen molar-refractivity contribution in [2.45, 2.75) is 19.9 Å². The Hall–Kier alpha value is -4.26. The van der Waals surface area contributed by atoms with Gasteiger partial charge in [0.2, 0.25) is 0 Å². The quantitative estimate of drug-likeness (QED) is 0.391. The van der Waals surface area contributed by atoms with Crippen LogP contribution in [0.15, 0.2) is 65.7 Å². The molecule has 0 aliphatic carbocycles. The Balaban J connectivity index is 1.65. The van der Waals surface area contributed by atoms with Crippen LogP contribution in [0.3, 0.4) is 0 Å². The van der Waals surface area contributed by atoms with E-state index < -0.39 is 17.8 Å². The molecule has 6 nitrogen and oxygen atoms in total. The number of hydrogen-bond donors (Lipinski definition) is 2. The molecular formula is C28H24FN3O3. The average Bonchev–Trinajstić information content (AvgIpc) is 3.09. The number of carbonyl (C=O) groups is 1. The Morgan fingerprint density at radius 2 is 1.89 bits per heavy atom. The molecule has 0 amide bonds. The fourth-order valence-electron chi connectivity index (χ4n) is 4.32. The fourth-order valence-corrected chi connectivity index (χ4v) is 4.32. The van der Waals surface area contributed by atoms with Crippen LogP contribution in [0.5, 0.6) is 5.75 Å². The number of aryl methyl sites for hydroxylation is 1. The zero-order valence-electron chi connectivity index (χ0n) is 19.4. The molecule has 1 aromatic heterocycles. The zero-order valence-corrected chi connectivity index (χ0v) is 19.4. The molecule has 7 heteroatoms. The minimum atomic E-state index is -1.02. The molecule has 0 saturated heterocycles. The highest BCUT2D eigenvalue weighted by Crippen LogP contribution is 2.37. The lowest BCUT2D eigenvalue weighted by Crippen LogP contribution is -2.31. The largest absolute Gasteiger partial charge is 0.493 e. The summed E-state index contributed by atoms with van der Waals surface area (Å²) in [4.78, 5) is 20.8. The Kier molecular flexibility index (Phi) is 5.91. The minimum absolute atomic E-state index is 0.0623. The molecule has 3 aromatic carbocycles. The molecular weight excluding hydrogens is 445 g/mol. The van der Waals surface area contributed by atoms with Gasteiger partial charge in [0.25, 0.3) is 0 Å². The number of benzene rings is 3. The number of ether oxygens (including phenoxy) is 1. The van der Waals surface area contributed by atoms with Crippen molar-refractivity contribution >= 4 is 28.8 Å². The fraction of sp³-hybridized carbons (Fsp3) is 0.179. The molecule has 0 saturated carbocycles. The topological polar surface area (TPSA) is 83.8 Å². The SMILES string of the molecule is CCOc1ccc(C)cc1-c1ccc(-c2nc3ccc(F)cc3c3c2C=NCC(C(=O)O)N3)cc1. The van der Waals surface area contributed by atoms with E-state index in [9.17, 15) is 14.3 Å². The number of halogens is 1. The number of hydrogen-bond acceptors (Lipinski definition) is 5. The molecule has 1 aliphatic rings. The number of nitrogens with one attached hydrogen (secondary N) is 1. The highest BCUT2D eigenvalue weighted by Gasteiger charge is 2.24. The molecule has 0 spiro atoms. The van der Waals surface area contributed by atoms with Gasteiger partial charge in [-0.05, 0) is 49.7 Å². The van der Waals surface area contributed by atoms with E-state index in [0.717, 1.165) is 28.0 Å². The molecule has 4 aromatic rings. The third kappa shape index (κ3) is 4.33. The number of aliphatic imine (C=N–C) groups is 1. The number of aromatic nitrogens is 1. The van der Waals surface area contributed by atoms with Crippen molar-refractivity contribution in [3.05, 3.63) is 77.6 Å². The molecule has 5 rings (SSSR count). The van der Waals surface area contributed by atoms with Crippen LogP contribution >= 0.6 is 0 Å². The summed E-state index contributed by atoms with van der Waals surface area (Å²) in [5, 5.41) is 13.2. The van der Waals surface area contributed by atoms with Gasteiger partial charge in [0.1, 0.15) is 17.6 Å². The normalized spacial score (nSPS) is 14.8. The van der Waals surface area contributed by atoms with Crippen molar-refractivity contribution in [1.82, 2.24) is 4.98 Å². The second-order valence-electron chi connectivity index (χ2n) is 8.45. The summed E-state index contributed by atoms with van der Waals surface area (Å²) in [6, 6.07) is 17.5. The maximum atomic E-state index is 14.1. The number of pyridine rings is 1. The van der Waals surface area contributed by atoms with Crippen molar-refractivity contribution in [1.29, 1.82) is 0 Å². The van der Waals surface area contributed by atoms with E-state index in [4.69, 9.17) is 9.72 Å². The summed E-state index contributed by atoms with van der Waals surface area (Å²) in [7, 11) is 0. The first-order chi connectivity index (χ1) is 16.9. The van der Waals surface area contributed by atoms with E-state index in [1.54, 1.807) is 12.3 Å². The van der Waals surface area contributed by atoms with Crippen LogP contribution in [-0.2, 0) is 4.79 Å². The molecule has 1 unspecified atom stereocenters. The highest BCUT2D eigenvalue weighted by molar-refractivity contribution is 6.07. The van der Waals surface area contributed by atoms with Crippen LogP contribution in [0, 0.1) is 12.7 Å². The first kappa shape index (κ1) is 22.5. The maximum Gasteiger partial charge on any atom is 0.328 e. The first-order valence-corrected chi connectivity index (χ1v) is 11.4. The number of fused-ring (bicyclic) bond motifs is 3. The predicted molar refractivity (Wildman–Crippen MR) is 136 cm³/mol. The van der Waals surface area contributed by atoms with E-state index in [2.05, 4.69) is 16.4 Å². The number of carboxylic acid groups (broad SMARTS) is 1. The summed E-state index contributed by atoms with van der Waals surface area (Å²) in [5.74, 6) is -0.621. The summed E-state index contributed by atoms with van der Waals surface area (Å²) < 4.78 is 19.9. The molecule has 0 fully saturated rings. The lowest BCUT2D eigenvalue weighted by molar-refractivity contribution is -0.137. The van der Waals surface area contributed by atoms with Gasteiger partial charge >= 0.3 is 5.97 Å². The molecule has 2 N–H and O–H groups in total. The first-order valence-electron chi connectivity index (χ1n) is 11.4. The van der Waals surface area contributed by atoms with E-state index in [0.29, 0.717) is 34.5 Å². The van der Waals surface area contributed by atoms with Crippen LogP contribution in [0.2, 0.25) is 0 Å². The highest BCUT2D eigenvalue weighted by atomic mass is 19.1. The average molecular weight is 470 g/mol. The molecule has 35 heavy (non-hydrogen) atoms. The number of carboxylic acids is 1. The van der Waals surface area contributed by atoms with Gasteiger partial charge in [0, 0.05) is 28.3 Å². The van der Waals surface area contributed by atoms with Gasteiger partial charge in [-0.1, -0.05) is 35.9 Å². The Morgan fingerprint density at radius 1 is 1.11 bits per heavy atom. The standard InChI is InChI=1S/C28H24FN3O3/c1-3-35-25-11-4-16(2)12-20(25)17-5-7-18(8-6-17)26-22-14-30-15-24(28(33)34)32-27(22)21-13-19(29)9-10-23(21)31-26/h4-14,24,32H,3,15H2,1-2H3,(H,33,34). The van der Waals surface area contributed by atoms with Crippen molar-refractivity contribution in [2.75, 3.05) is 18.5 Å². The van der Waals surface area contributed by atoms with Gasteiger partial charge in [-0.15, -0.1) is 0 Å². The zero-order chi connectivity index (χ0) is 24.5. The third-order valence-electron chi connectivity index (χ3n) is 6.01. The van der Waals surface area contributed by atoms with E-state index in [-0.39, 0.29) is 6.54 Å². The van der Waals surface area contributed by atoms with E-state index in [1.165, 1.54) is 12.1 Å². The van der Waals surface area contributed by atoms with Crippen molar-refractivity contribution in [2.24, 2.45) is 4.99 Å². The van der Waals surface area contributed by atoms with Crippen LogP contribution < -0.4 is 10.1 Å². The van der Waals surface area contributed by atoms with E-state index >= 15 is 0 Å². The van der Waals surface area contributed by atoms with Crippen LogP contribution in [0.4, 0.5) is 10.1 Å². The lowest BCUT2D eigenvalue weighted by atomic mass is 9.97. The number of nitrogens with zero attached hydrogens (tertiary/aromatic N) is 2. The van der Waals surface area contributed by atoms with Gasteiger partial charge in [0.05, 0.1) is 30.0 Å². The summed E-state index contributed by atoms with van der Waals surface area (Å²) in [6.07, 6.45) is 1.62. The van der Waals surface area contributed by atoms with Crippen LogP contribution in [0.25, 0.3) is 33.3 Å². The van der Waals surface area contributed by atoms with E-state index in [1.807, 2.05) is 50.2 Å². The van der Waals surface area contributed by atoms with Gasteiger partial charge in [-0.2, -0.15) is 0 Å². The summed E-state index contributed by atoms with van der Waals surface area (Å²) in [6.45, 7) is 4.64. The van der Waals surface area contributed by atoms with Crippen molar-refractivity contribution < 1.29 is 19.0 Å². The maximum absolute atomic E-state index is 14.1. The second-order valence-corrected chi connectivity index (χ2v) is 8.45. The Morgan fingerprint density at radius 3 is 2.63 bits per heavy atom. The lowest BCUT2D eigenvalue weighted by Gasteiger charge is -2.18. The molecule has 0 radical (unpaired) electrons. The number of rotatable bonds is 5. The second kappa shape index (κ2) is 9.18. The predicted octanol–water partition coefficient (Wildman–Crippen LogP) is 5.71. The van der Waals surface area contributed by atoms with Crippen LogP contribution in [-0.4, -0.2) is 41.5 Å². The Labute approximate surface area is 202 Å². The van der Waals surface area contributed by atoms with Crippen molar-refractivity contribution in [3.8, 4) is 28.1 Å².